The molecule has 0 amide bonds. The number of nitro groups is 1. The second-order valence-corrected chi connectivity index (χ2v) is 2.76. The van der Waals surface area contributed by atoms with Crippen LogP contribution in [0.5, 0.6) is 0 Å². The first-order valence-electron chi connectivity index (χ1n) is 4.21. The summed E-state index contributed by atoms with van der Waals surface area (Å²) in [6.45, 7) is 7.41. The van der Waals surface area contributed by atoms with Crippen molar-refractivity contribution in [1.82, 2.24) is 0 Å². The highest BCUT2D eigenvalue weighted by molar-refractivity contribution is 5.13. The molecule has 3 nitrogen and oxygen atoms in total. The van der Waals surface area contributed by atoms with Gasteiger partial charge in [0, 0.05) is 4.92 Å². The molecule has 1 atom stereocenters. The Balaban J connectivity index is 4.24. The Bertz CT molecular complexity index is 241. The van der Waals surface area contributed by atoms with Gasteiger partial charge in [0.05, 0.1) is 0 Å². The third-order valence-corrected chi connectivity index (χ3v) is 1.73. The van der Waals surface area contributed by atoms with Crippen LogP contribution in [-0.4, -0.2) is 11.0 Å². The molecule has 1 unspecified atom stereocenters. The van der Waals surface area contributed by atoms with Crippen LogP contribution < -0.4 is 0 Å². The van der Waals surface area contributed by atoms with Crippen LogP contribution in [0.4, 0.5) is 0 Å². The molecular weight excluding hydrogens is 166 g/mol. The summed E-state index contributed by atoms with van der Waals surface area (Å²) in [6, 6.07) is -0.777. The number of nitrogens with zero attached hydrogens (tertiary/aromatic N) is 1. The Labute approximate surface area is 78.6 Å². The molecule has 0 aliphatic carbocycles. The zero-order chi connectivity index (χ0) is 10.3. The van der Waals surface area contributed by atoms with Crippen LogP contribution in [0, 0.1) is 10.1 Å². The minimum Gasteiger partial charge on any atom is -0.264 e. The maximum Gasteiger partial charge on any atom is 0.249 e. The molecular formula is C10H15NO2. The van der Waals surface area contributed by atoms with E-state index in [1.165, 1.54) is 17.7 Å². The molecule has 0 saturated carbocycles. The maximum absolute atomic E-state index is 10.3. The van der Waals surface area contributed by atoms with Crippen LogP contribution in [0.1, 0.15) is 20.3 Å². The van der Waals surface area contributed by atoms with Crippen molar-refractivity contribution in [3.63, 3.8) is 0 Å². The van der Waals surface area contributed by atoms with Crippen LogP contribution >= 0.6 is 0 Å². The molecule has 0 aromatic rings. The Hall–Kier alpha value is -1.38. The van der Waals surface area contributed by atoms with Crippen LogP contribution in [0.25, 0.3) is 0 Å². The Morgan fingerprint density at radius 3 is 2.69 bits per heavy atom. The summed E-state index contributed by atoms with van der Waals surface area (Å²) in [4.78, 5) is 9.96. The van der Waals surface area contributed by atoms with Gasteiger partial charge in [0.25, 0.3) is 0 Å². The third-order valence-electron chi connectivity index (χ3n) is 1.73. The van der Waals surface area contributed by atoms with Crippen molar-refractivity contribution < 1.29 is 4.92 Å². The number of allylic oxidation sites excluding steroid dienone is 3. The predicted molar refractivity (Wildman–Crippen MR) is 54.2 cm³/mol. The summed E-state index contributed by atoms with van der Waals surface area (Å²) >= 11 is 0. The summed E-state index contributed by atoms with van der Waals surface area (Å²) < 4.78 is 0. The fraction of sp³-hybridized carbons (Fsp3) is 0.400. The van der Waals surface area contributed by atoms with Crippen molar-refractivity contribution >= 4 is 0 Å². The monoisotopic (exact) mass is 181 g/mol. The fourth-order valence-corrected chi connectivity index (χ4v) is 0.686. The molecule has 0 rings (SSSR count). The minimum atomic E-state index is -0.777. The highest BCUT2D eigenvalue weighted by Gasteiger charge is 2.08. The van der Waals surface area contributed by atoms with E-state index in [4.69, 9.17) is 0 Å². The number of hydrogen-bond donors (Lipinski definition) is 0. The van der Waals surface area contributed by atoms with Crippen molar-refractivity contribution in [1.29, 1.82) is 0 Å². The molecule has 0 radical (unpaired) electrons. The van der Waals surface area contributed by atoms with Gasteiger partial charge in [-0.1, -0.05) is 31.2 Å². The van der Waals surface area contributed by atoms with Gasteiger partial charge in [0.15, 0.2) is 0 Å². The molecule has 0 aliphatic rings. The average Bonchev–Trinajstić information content (AvgIpc) is 2.11. The van der Waals surface area contributed by atoms with Crippen LogP contribution in [-0.2, 0) is 0 Å². The Morgan fingerprint density at radius 2 is 2.31 bits per heavy atom. The molecule has 0 aromatic heterocycles. The van der Waals surface area contributed by atoms with Gasteiger partial charge < -0.3 is 0 Å². The maximum atomic E-state index is 10.3. The predicted octanol–water partition coefficient (Wildman–Crippen LogP) is 2.73. The van der Waals surface area contributed by atoms with E-state index in [1.807, 2.05) is 19.9 Å². The van der Waals surface area contributed by atoms with E-state index >= 15 is 0 Å². The second kappa shape index (κ2) is 6.17. The summed E-state index contributed by atoms with van der Waals surface area (Å²) in [5.41, 5.74) is 1.20. The molecule has 72 valence electrons. The van der Waals surface area contributed by atoms with Gasteiger partial charge in [-0.15, -0.1) is 0 Å². The van der Waals surface area contributed by atoms with Gasteiger partial charge in [-0.05, 0) is 25.5 Å². The second-order valence-electron chi connectivity index (χ2n) is 2.76. The minimum absolute atomic E-state index is 0.376. The lowest BCUT2D eigenvalue weighted by molar-refractivity contribution is -0.496. The smallest absolute Gasteiger partial charge is 0.249 e. The lowest BCUT2D eigenvalue weighted by Gasteiger charge is -1.95. The molecule has 0 aliphatic heterocycles. The van der Waals surface area contributed by atoms with Gasteiger partial charge in [0.1, 0.15) is 0 Å². The quantitative estimate of drug-likeness (QED) is 0.283. The first kappa shape index (κ1) is 11.6. The molecule has 0 aromatic carbocycles. The van der Waals surface area contributed by atoms with E-state index in [-0.39, 0.29) is 4.92 Å². The van der Waals surface area contributed by atoms with Crippen LogP contribution in [0.2, 0.25) is 0 Å². The van der Waals surface area contributed by atoms with Gasteiger partial charge in [-0.25, -0.2) is 0 Å². The van der Waals surface area contributed by atoms with Crippen molar-refractivity contribution in [2.45, 2.75) is 26.3 Å². The normalized spacial score (nSPS) is 14.5. The van der Waals surface area contributed by atoms with Gasteiger partial charge in [-0.2, -0.15) is 0 Å². The van der Waals surface area contributed by atoms with Gasteiger partial charge in [-0.3, -0.25) is 10.1 Å². The Morgan fingerprint density at radius 1 is 1.69 bits per heavy atom. The fourth-order valence-electron chi connectivity index (χ4n) is 0.686. The van der Waals surface area contributed by atoms with E-state index in [1.54, 1.807) is 6.08 Å². The third kappa shape index (κ3) is 4.95. The lowest BCUT2D eigenvalue weighted by Crippen LogP contribution is -2.12. The molecule has 0 spiro atoms. The highest BCUT2D eigenvalue weighted by atomic mass is 16.6. The molecule has 0 bridgehead atoms. The molecule has 0 fully saturated rings. The summed E-state index contributed by atoms with van der Waals surface area (Å²) in [5, 5.41) is 10.3. The van der Waals surface area contributed by atoms with Crippen molar-refractivity contribution in [2.75, 3.05) is 0 Å². The SMILES string of the molecule is C=CC(/C=C\C=C(\C)CC)[N+](=O)[O-]. The molecule has 13 heavy (non-hydrogen) atoms. The van der Waals surface area contributed by atoms with E-state index < -0.39 is 6.04 Å². The first-order chi connectivity index (χ1) is 6.11. The summed E-state index contributed by atoms with van der Waals surface area (Å²) in [6.07, 6.45) is 7.37. The van der Waals surface area contributed by atoms with E-state index in [2.05, 4.69) is 6.58 Å². The first-order valence-corrected chi connectivity index (χ1v) is 4.21. The largest absolute Gasteiger partial charge is 0.264 e. The van der Waals surface area contributed by atoms with E-state index in [9.17, 15) is 10.1 Å². The molecule has 0 heterocycles. The van der Waals surface area contributed by atoms with Gasteiger partial charge >= 0.3 is 0 Å². The molecule has 3 heteroatoms. The number of hydrogen-bond acceptors (Lipinski definition) is 2. The van der Waals surface area contributed by atoms with E-state index in [0.29, 0.717) is 0 Å². The number of rotatable bonds is 5. The lowest BCUT2D eigenvalue weighted by atomic mass is 10.2. The van der Waals surface area contributed by atoms with Gasteiger partial charge in [0.2, 0.25) is 6.04 Å². The zero-order valence-corrected chi connectivity index (χ0v) is 8.06. The van der Waals surface area contributed by atoms with Crippen molar-refractivity contribution in [2.24, 2.45) is 0 Å². The topological polar surface area (TPSA) is 43.1 Å². The zero-order valence-electron chi connectivity index (χ0n) is 8.06. The average molecular weight is 181 g/mol. The Kier molecular flexibility index (Phi) is 5.52. The molecule has 0 saturated heterocycles. The summed E-state index contributed by atoms with van der Waals surface area (Å²) in [7, 11) is 0. The van der Waals surface area contributed by atoms with Crippen molar-refractivity contribution in [3.05, 3.63) is 46.6 Å². The standard InChI is InChI=1S/C10H15NO2/c1-4-9(3)7-6-8-10(5-2)11(12)13/h5-8,10H,2,4H2,1,3H3/b8-6-,9-7-. The van der Waals surface area contributed by atoms with Crippen LogP contribution in [0.3, 0.4) is 0 Å². The molecule has 0 N–H and O–H groups in total. The summed E-state index contributed by atoms with van der Waals surface area (Å²) in [5.74, 6) is 0. The van der Waals surface area contributed by atoms with E-state index in [0.717, 1.165) is 6.42 Å². The van der Waals surface area contributed by atoms with Crippen LogP contribution in [0.15, 0.2) is 36.5 Å². The van der Waals surface area contributed by atoms with Crippen molar-refractivity contribution in [3.8, 4) is 0 Å². The highest BCUT2D eigenvalue weighted by Crippen LogP contribution is 1.99.